The summed E-state index contributed by atoms with van der Waals surface area (Å²) >= 11 is 0. The largest absolute Gasteiger partial charge is 0.494 e. The van der Waals surface area contributed by atoms with Crippen molar-refractivity contribution in [2.24, 2.45) is 5.73 Å². The lowest BCUT2D eigenvalue weighted by atomic mass is 10.1. The Bertz CT molecular complexity index is 652. The molecule has 0 aliphatic heterocycles. The number of benzene rings is 1. The van der Waals surface area contributed by atoms with Crippen LogP contribution >= 0.6 is 0 Å². The van der Waals surface area contributed by atoms with Crippen molar-refractivity contribution in [1.29, 1.82) is 0 Å². The molecule has 22 heavy (non-hydrogen) atoms. The number of nitrogens with zero attached hydrogens (tertiary/aromatic N) is 1. The molecule has 0 amide bonds. The SMILES string of the molecule is CCCCOc1ccc2c(=O)n(CCOCCN)ccc2c1. The highest BCUT2D eigenvalue weighted by molar-refractivity contribution is 5.82. The van der Waals surface area contributed by atoms with Gasteiger partial charge < -0.3 is 19.8 Å². The van der Waals surface area contributed by atoms with Gasteiger partial charge >= 0.3 is 0 Å². The normalized spacial score (nSPS) is 11.0. The van der Waals surface area contributed by atoms with Gasteiger partial charge in [-0.1, -0.05) is 13.3 Å². The maximum absolute atomic E-state index is 12.4. The van der Waals surface area contributed by atoms with Crippen LogP contribution < -0.4 is 16.0 Å². The summed E-state index contributed by atoms with van der Waals surface area (Å²) < 4.78 is 12.7. The fourth-order valence-corrected chi connectivity index (χ4v) is 2.21. The van der Waals surface area contributed by atoms with E-state index in [-0.39, 0.29) is 5.56 Å². The number of aromatic nitrogens is 1. The molecule has 0 spiro atoms. The van der Waals surface area contributed by atoms with E-state index in [0.29, 0.717) is 38.3 Å². The van der Waals surface area contributed by atoms with Crippen molar-refractivity contribution in [3.8, 4) is 5.75 Å². The highest BCUT2D eigenvalue weighted by Crippen LogP contribution is 2.18. The predicted molar refractivity (Wildman–Crippen MR) is 88.5 cm³/mol. The van der Waals surface area contributed by atoms with Crippen LogP contribution in [0, 0.1) is 0 Å². The second-order valence-corrected chi connectivity index (χ2v) is 5.17. The summed E-state index contributed by atoms with van der Waals surface area (Å²) in [5.41, 5.74) is 5.36. The molecule has 0 aliphatic rings. The molecule has 1 aromatic heterocycles. The third-order valence-corrected chi connectivity index (χ3v) is 3.45. The summed E-state index contributed by atoms with van der Waals surface area (Å²) in [6.45, 7) is 4.86. The Morgan fingerprint density at radius 2 is 2.05 bits per heavy atom. The molecule has 2 N–H and O–H groups in total. The first-order valence-corrected chi connectivity index (χ1v) is 7.80. The maximum Gasteiger partial charge on any atom is 0.258 e. The van der Waals surface area contributed by atoms with Gasteiger partial charge in [-0.15, -0.1) is 0 Å². The number of hydrogen-bond acceptors (Lipinski definition) is 4. The maximum atomic E-state index is 12.4. The van der Waals surface area contributed by atoms with Gasteiger partial charge in [-0.05, 0) is 36.1 Å². The van der Waals surface area contributed by atoms with E-state index in [1.165, 1.54) is 0 Å². The summed E-state index contributed by atoms with van der Waals surface area (Å²) in [5, 5.41) is 1.60. The molecule has 120 valence electrons. The minimum absolute atomic E-state index is 0.00560. The minimum Gasteiger partial charge on any atom is -0.494 e. The molecule has 5 heteroatoms. The molecule has 2 aromatic rings. The second kappa shape index (κ2) is 8.56. The quantitative estimate of drug-likeness (QED) is 0.721. The summed E-state index contributed by atoms with van der Waals surface area (Å²) in [7, 11) is 0. The number of rotatable bonds is 9. The molecule has 0 radical (unpaired) electrons. The third-order valence-electron chi connectivity index (χ3n) is 3.45. The molecule has 0 saturated heterocycles. The van der Waals surface area contributed by atoms with E-state index in [1.807, 2.05) is 24.3 Å². The van der Waals surface area contributed by atoms with E-state index in [0.717, 1.165) is 24.0 Å². The molecule has 0 aliphatic carbocycles. The van der Waals surface area contributed by atoms with Crippen LogP contribution in [0.2, 0.25) is 0 Å². The van der Waals surface area contributed by atoms with Gasteiger partial charge in [0.05, 0.1) is 19.8 Å². The predicted octanol–water partition coefficient (Wildman–Crippen LogP) is 2.16. The standard InChI is InChI=1S/C17H24N2O3/c1-2-3-10-22-15-4-5-16-14(13-15)6-8-19(17(16)20)9-12-21-11-7-18/h4-6,8,13H,2-3,7,9-12,18H2,1H3. The fourth-order valence-electron chi connectivity index (χ4n) is 2.21. The summed E-state index contributed by atoms with van der Waals surface area (Å²) in [6.07, 6.45) is 3.93. The van der Waals surface area contributed by atoms with E-state index >= 15 is 0 Å². The van der Waals surface area contributed by atoms with Gasteiger partial charge in [-0.25, -0.2) is 0 Å². The smallest absolute Gasteiger partial charge is 0.258 e. The average molecular weight is 304 g/mol. The molecule has 0 fully saturated rings. The Morgan fingerprint density at radius 3 is 2.82 bits per heavy atom. The van der Waals surface area contributed by atoms with Gasteiger partial charge in [0.1, 0.15) is 5.75 Å². The van der Waals surface area contributed by atoms with Crippen molar-refractivity contribution in [3.05, 3.63) is 40.8 Å². The Kier molecular flexibility index (Phi) is 6.43. The van der Waals surface area contributed by atoms with Gasteiger partial charge in [0, 0.05) is 24.7 Å². The minimum atomic E-state index is -0.00560. The van der Waals surface area contributed by atoms with E-state index in [2.05, 4.69) is 6.92 Å². The summed E-state index contributed by atoms with van der Waals surface area (Å²) in [4.78, 5) is 12.4. The third kappa shape index (κ3) is 4.32. The topological polar surface area (TPSA) is 66.5 Å². The Hall–Kier alpha value is -1.85. The number of hydrogen-bond donors (Lipinski definition) is 1. The molecule has 1 aromatic carbocycles. The van der Waals surface area contributed by atoms with E-state index in [4.69, 9.17) is 15.2 Å². The van der Waals surface area contributed by atoms with Gasteiger partial charge in [-0.2, -0.15) is 0 Å². The first-order chi connectivity index (χ1) is 10.8. The fraction of sp³-hybridized carbons (Fsp3) is 0.471. The Morgan fingerprint density at radius 1 is 1.18 bits per heavy atom. The van der Waals surface area contributed by atoms with E-state index in [1.54, 1.807) is 10.8 Å². The van der Waals surface area contributed by atoms with Crippen molar-refractivity contribution < 1.29 is 9.47 Å². The molecule has 2 rings (SSSR count). The van der Waals surface area contributed by atoms with Crippen LogP contribution in [0.5, 0.6) is 5.75 Å². The first-order valence-electron chi connectivity index (χ1n) is 7.80. The molecular formula is C17H24N2O3. The number of unbranched alkanes of at least 4 members (excludes halogenated alkanes) is 1. The number of nitrogens with two attached hydrogens (primary N) is 1. The monoisotopic (exact) mass is 304 g/mol. The van der Waals surface area contributed by atoms with Crippen LogP contribution in [0.15, 0.2) is 35.3 Å². The number of pyridine rings is 1. The van der Waals surface area contributed by atoms with Gasteiger partial charge in [0.25, 0.3) is 5.56 Å². The van der Waals surface area contributed by atoms with Crippen LogP contribution in [0.3, 0.4) is 0 Å². The summed E-state index contributed by atoms with van der Waals surface area (Å²) in [5.74, 6) is 0.810. The molecule has 0 atom stereocenters. The Balaban J connectivity index is 2.11. The van der Waals surface area contributed by atoms with Gasteiger partial charge in [-0.3, -0.25) is 4.79 Å². The molecular weight excluding hydrogens is 280 g/mol. The first kappa shape index (κ1) is 16.5. The van der Waals surface area contributed by atoms with Crippen molar-refractivity contribution in [2.75, 3.05) is 26.4 Å². The van der Waals surface area contributed by atoms with Crippen molar-refractivity contribution in [1.82, 2.24) is 4.57 Å². The van der Waals surface area contributed by atoms with E-state index in [9.17, 15) is 4.79 Å². The zero-order chi connectivity index (χ0) is 15.8. The lowest BCUT2D eigenvalue weighted by molar-refractivity contribution is 0.132. The zero-order valence-corrected chi connectivity index (χ0v) is 13.1. The van der Waals surface area contributed by atoms with Crippen molar-refractivity contribution in [2.45, 2.75) is 26.3 Å². The molecule has 1 heterocycles. The molecule has 5 nitrogen and oxygen atoms in total. The highest BCUT2D eigenvalue weighted by atomic mass is 16.5. The lowest BCUT2D eigenvalue weighted by Gasteiger charge is -2.09. The average Bonchev–Trinajstić information content (AvgIpc) is 2.54. The molecule has 0 saturated carbocycles. The van der Waals surface area contributed by atoms with Gasteiger partial charge in [0.2, 0.25) is 0 Å². The molecule has 0 unspecified atom stereocenters. The Labute approximate surface area is 130 Å². The van der Waals surface area contributed by atoms with Crippen molar-refractivity contribution >= 4 is 10.8 Å². The second-order valence-electron chi connectivity index (χ2n) is 5.17. The lowest BCUT2D eigenvalue weighted by Crippen LogP contribution is -2.22. The van der Waals surface area contributed by atoms with Gasteiger partial charge in [0.15, 0.2) is 0 Å². The van der Waals surface area contributed by atoms with Crippen LogP contribution in [0.1, 0.15) is 19.8 Å². The van der Waals surface area contributed by atoms with Crippen LogP contribution in [-0.2, 0) is 11.3 Å². The number of fused-ring (bicyclic) bond motifs is 1. The highest BCUT2D eigenvalue weighted by Gasteiger charge is 2.04. The molecule has 0 bridgehead atoms. The number of ether oxygens (including phenoxy) is 2. The summed E-state index contributed by atoms with van der Waals surface area (Å²) in [6, 6.07) is 7.54. The van der Waals surface area contributed by atoms with Crippen LogP contribution in [0.25, 0.3) is 10.8 Å². The zero-order valence-electron chi connectivity index (χ0n) is 13.1. The van der Waals surface area contributed by atoms with E-state index < -0.39 is 0 Å². The van der Waals surface area contributed by atoms with Crippen LogP contribution in [0.4, 0.5) is 0 Å². The van der Waals surface area contributed by atoms with Crippen molar-refractivity contribution in [3.63, 3.8) is 0 Å². The van der Waals surface area contributed by atoms with Crippen LogP contribution in [-0.4, -0.2) is 30.9 Å².